The number of aromatic nitrogens is 2. The molecule has 1 aromatic heterocycles. The average molecular weight is 315 g/mol. The largest absolute Gasteiger partial charge is 0.495 e. The van der Waals surface area contributed by atoms with Crippen LogP contribution in [-0.4, -0.2) is 30.3 Å². The summed E-state index contributed by atoms with van der Waals surface area (Å²) >= 11 is 7.00. The predicted molar refractivity (Wildman–Crippen MR) is 76.8 cm³/mol. The Morgan fingerprint density at radius 1 is 1.30 bits per heavy atom. The molecule has 2 aromatic rings. The van der Waals surface area contributed by atoms with E-state index in [4.69, 9.17) is 26.8 Å². The van der Waals surface area contributed by atoms with Crippen LogP contribution in [0.4, 0.5) is 10.8 Å². The summed E-state index contributed by atoms with van der Waals surface area (Å²) in [5.74, 6) is 0.414. The van der Waals surface area contributed by atoms with Gasteiger partial charge in [-0.15, -0.1) is 10.2 Å². The van der Waals surface area contributed by atoms with Crippen LogP contribution in [0.15, 0.2) is 12.1 Å². The third kappa shape index (κ3) is 2.91. The first-order chi connectivity index (χ1) is 9.55. The van der Waals surface area contributed by atoms with Gasteiger partial charge in [0.15, 0.2) is 0 Å². The molecule has 0 spiro atoms. The van der Waals surface area contributed by atoms with Crippen molar-refractivity contribution in [3.8, 4) is 11.5 Å². The maximum absolute atomic E-state index is 12.0. The predicted octanol–water partition coefficient (Wildman–Crippen LogP) is 2.04. The van der Waals surface area contributed by atoms with Gasteiger partial charge in [0, 0.05) is 6.07 Å². The van der Waals surface area contributed by atoms with Crippen LogP contribution in [0.1, 0.15) is 9.80 Å². The molecule has 1 heterocycles. The number of nitrogen functional groups attached to an aromatic ring is 1. The summed E-state index contributed by atoms with van der Waals surface area (Å²) in [7, 11) is 2.96. The average Bonchev–Trinajstić information content (AvgIpc) is 2.86. The zero-order valence-electron chi connectivity index (χ0n) is 10.6. The molecular weight excluding hydrogens is 304 g/mol. The number of nitrogens with zero attached hydrogens (tertiary/aromatic N) is 2. The number of methoxy groups -OCH3 is 2. The van der Waals surface area contributed by atoms with E-state index < -0.39 is 5.91 Å². The number of hydrogen-bond acceptors (Lipinski definition) is 7. The highest BCUT2D eigenvalue weighted by Crippen LogP contribution is 2.36. The van der Waals surface area contributed by atoms with Crippen LogP contribution < -0.4 is 20.5 Å². The SMILES string of the molecule is COc1cc(OC)c(NC(=O)c2nnc(N)s2)cc1Cl. The summed E-state index contributed by atoms with van der Waals surface area (Å²) in [6.07, 6.45) is 0. The standard InChI is InChI=1S/C11H11ClN4O3S/c1-18-7-4-8(19-2)6(3-5(7)12)14-9(17)10-15-16-11(13)20-10/h3-4H,1-2H3,(H2,13,16)(H,14,17). The van der Waals surface area contributed by atoms with Crippen LogP contribution in [0.3, 0.4) is 0 Å². The molecule has 0 radical (unpaired) electrons. The molecule has 3 N–H and O–H groups in total. The summed E-state index contributed by atoms with van der Waals surface area (Å²) in [6.45, 7) is 0. The van der Waals surface area contributed by atoms with Gasteiger partial charge in [0.1, 0.15) is 11.5 Å². The topological polar surface area (TPSA) is 99.4 Å². The molecule has 0 atom stereocenters. The zero-order valence-corrected chi connectivity index (χ0v) is 12.2. The minimum Gasteiger partial charge on any atom is -0.495 e. The number of ether oxygens (including phenoxy) is 2. The molecule has 1 amide bonds. The molecule has 0 fully saturated rings. The Balaban J connectivity index is 2.28. The van der Waals surface area contributed by atoms with E-state index in [9.17, 15) is 4.79 Å². The van der Waals surface area contributed by atoms with Crippen molar-refractivity contribution < 1.29 is 14.3 Å². The Labute approximate surface area is 123 Å². The summed E-state index contributed by atoms with van der Waals surface area (Å²) in [5, 5.41) is 10.6. The van der Waals surface area contributed by atoms with Crippen LogP contribution in [0.5, 0.6) is 11.5 Å². The molecule has 0 bridgehead atoms. The lowest BCUT2D eigenvalue weighted by molar-refractivity contribution is 0.102. The smallest absolute Gasteiger partial charge is 0.286 e. The number of carbonyl (C=O) groups excluding carboxylic acids is 1. The summed E-state index contributed by atoms with van der Waals surface area (Å²) in [6, 6.07) is 3.11. The Bertz CT molecular complexity index is 647. The molecule has 0 unspecified atom stereocenters. The first-order valence-corrected chi connectivity index (χ1v) is 6.56. The lowest BCUT2D eigenvalue weighted by atomic mass is 10.2. The van der Waals surface area contributed by atoms with Crippen molar-refractivity contribution in [1.82, 2.24) is 10.2 Å². The fraction of sp³-hybridized carbons (Fsp3) is 0.182. The minimum atomic E-state index is -0.446. The molecule has 2 rings (SSSR count). The Hall–Kier alpha value is -2.06. The van der Waals surface area contributed by atoms with Crippen molar-refractivity contribution in [3.05, 3.63) is 22.2 Å². The van der Waals surface area contributed by atoms with Crippen LogP contribution in [0.2, 0.25) is 5.02 Å². The number of nitrogens with two attached hydrogens (primary N) is 1. The number of benzene rings is 1. The number of amides is 1. The summed E-state index contributed by atoms with van der Waals surface area (Å²) in [5.41, 5.74) is 5.83. The normalized spacial score (nSPS) is 10.2. The lowest BCUT2D eigenvalue weighted by Gasteiger charge is -2.12. The van der Waals surface area contributed by atoms with E-state index in [1.165, 1.54) is 20.3 Å². The third-order valence-electron chi connectivity index (χ3n) is 2.36. The zero-order chi connectivity index (χ0) is 14.7. The fourth-order valence-electron chi connectivity index (χ4n) is 1.46. The molecule has 7 nitrogen and oxygen atoms in total. The fourth-order valence-corrected chi connectivity index (χ4v) is 2.21. The molecular formula is C11H11ClN4O3S. The first-order valence-electron chi connectivity index (χ1n) is 5.37. The van der Waals surface area contributed by atoms with E-state index in [1.807, 2.05) is 0 Å². The molecule has 1 aromatic carbocycles. The van der Waals surface area contributed by atoms with E-state index in [-0.39, 0.29) is 10.1 Å². The summed E-state index contributed by atoms with van der Waals surface area (Å²) < 4.78 is 10.2. The highest BCUT2D eigenvalue weighted by molar-refractivity contribution is 7.16. The van der Waals surface area contributed by atoms with Gasteiger partial charge in [0.05, 0.1) is 24.9 Å². The maximum Gasteiger partial charge on any atom is 0.286 e. The van der Waals surface area contributed by atoms with Crippen molar-refractivity contribution >= 4 is 39.7 Å². The number of anilines is 2. The van der Waals surface area contributed by atoms with Crippen molar-refractivity contribution in [3.63, 3.8) is 0 Å². The van der Waals surface area contributed by atoms with Crippen LogP contribution in [-0.2, 0) is 0 Å². The van der Waals surface area contributed by atoms with Gasteiger partial charge in [0.2, 0.25) is 10.1 Å². The van der Waals surface area contributed by atoms with Crippen molar-refractivity contribution in [1.29, 1.82) is 0 Å². The van der Waals surface area contributed by atoms with Gasteiger partial charge in [0.25, 0.3) is 5.91 Å². The lowest BCUT2D eigenvalue weighted by Crippen LogP contribution is -2.12. The number of rotatable bonds is 4. The van der Waals surface area contributed by atoms with E-state index in [0.717, 1.165) is 11.3 Å². The van der Waals surface area contributed by atoms with Gasteiger partial charge >= 0.3 is 0 Å². The Kier molecular flexibility index (Phi) is 4.26. The number of hydrogen-bond donors (Lipinski definition) is 2. The second-order valence-corrected chi connectivity index (χ2v) is 5.00. The molecule has 0 saturated heterocycles. The monoisotopic (exact) mass is 314 g/mol. The number of halogens is 1. The van der Waals surface area contributed by atoms with Gasteiger partial charge in [-0.1, -0.05) is 22.9 Å². The van der Waals surface area contributed by atoms with E-state index in [2.05, 4.69) is 15.5 Å². The quantitative estimate of drug-likeness (QED) is 0.896. The summed E-state index contributed by atoms with van der Waals surface area (Å²) in [4.78, 5) is 12.0. The van der Waals surface area contributed by atoms with E-state index in [0.29, 0.717) is 22.2 Å². The second kappa shape index (κ2) is 5.93. The van der Waals surface area contributed by atoms with Crippen molar-refractivity contribution in [2.24, 2.45) is 0 Å². The number of nitrogens with one attached hydrogen (secondary N) is 1. The molecule has 0 aliphatic carbocycles. The van der Waals surface area contributed by atoms with Gasteiger partial charge in [-0.2, -0.15) is 0 Å². The van der Waals surface area contributed by atoms with Crippen LogP contribution in [0, 0.1) is 0 Å². The third-order valence-corrected chi connectivity index (χ3v) is 3.40. The van der Waals surface area contributed by atoms with Gasteiger partial charge in [-0.25, -0.2) is 0 Å². The Morgan fingerprint density at radius 2 is 2.00 bits per heavy atom. The van der Waals surface area contributed by atoms with E-state index >= 15 is 0 Å². The molecule has 0 aliphatic rings. The van der Waals surface area contributed by atoms with Gasteiger partial charge < -0.3 is 20.5 Å². The van der Waals surface area contributed by atoms with Gasteiger partial charge in [-0.3, -0.25) is 4.79 Å². The second-order valence-electron chi connectivity index (χ2n) is 3.59. The van der Waals surface area contributed by atoms with Crippen molar-refractivity contribution in [2.45, 2.75) is 0 Å². The molecule has 0 saturated carbocycles. The van der Waals surface area contributed by atoms with Crippen LogP contribution >= 0.6 is 22.9 Å². The molecule has 20 heavy (non-hydrogen) atoms. The molecule has 106 valence electrons. The first kappa shape index (κ1) is 14.4. The highest BCUT2D eigenvalue weighted by atomic mass is 35.5. The molecule has 0 aliphatic heterocycles. The van der Waals surface area contributed by atoms with Gasteiger partial charge in [-0.05, 0) is 6.07 Å². The minimum absolute atomic E-state index is 0.150. The number of carbonyl (C=O) groups is 1. The Morgan fingerprint density at radius 3 is 2.55 bits per heavy atom. The van der Waals surface area contributed by atoms with E-state index in [1.54, 1.807) is 6.07 Å². The van der Waals surface area contributed by atoms with Crippen molar-refractivity contribution in [2.75, 3.05) is 25.3 Å². The van der Waals surface area contributed by atoms with Crippen LogP contribution in [0.25, 0.3) is 0 Å². The maximum atomic E-state index is 12.0. The molecule has 9 heteroatoms. The highest BCUT2D eigenvalue weighted by Gasteiger charge is 2.16.